The molecule has 0 unspecified atom stereocenters. The second kappa shape index (κ2) is 10.1. The summed E-state index contributed by atoms with van der Waals surface area (Å²) >= 11 is 0. The molecule has 2 aliphatic rings. The maximum atomic E-state index is 13.0. The number of hydrogen-bond acceptors (Lipinski definition) is 4. The number of nitrogens with one attached hydrogen (secondary N) is 1. The quantitative estimate of drug-likeness (QED) is 0.747. The van der Waals surface area contributed by atoms with E-state index in [0.29, 0.717) is 18.5 Å². The van der Waals surface area contributed by atoms with E-state index < -0.39 is 0 Å². The summed E-state index contributed by atoms with van der Waals surface area (Å²) in [5.41, 5.74) is 3.99. The van der Waals surface area contributed by atoms with E-state index in [0.717, 1.165) is 56.9 Å². The van der Waals surface area contributed by atoms with Crippen LogP contribution in [0, 0.1) is 6.92 Å². The van der Waals surface area contributed by atoms with Crippen molar-refractivity contribution in [3.63, 3.8) is 0 Å². The molecule has 6 nitrogen and oxygen atoms in total. The number of carbonyl (C=O) groups is 2. The first-order chi connectivity index (χ1) is 15.1. The highest BCUT2D eigenvalue weighted by atomic mass is 16.5. The normalized spacial score (nSPS) is 18.2. The van der Waals surface area contributed by atoms with Gasteiger partial charge in [-0.2, -0.15) is 0 Å². The number of benzene rings is 2. The Morgan fingerprint density at radius 1 is 1.03 bits per heavy atom. The van der Waals surface area contributed by atoms with Crippen LogP contribution < -0.4 is 5.32 Å². The molecule has 2 fully saturated rings. The molecule has 0 spiro atoms. The highest BCUT2D eigenvalue weighted by molar-refractivity contribution is 5.94. The molecule has 2 saturated heterocycles. The highest BCUT2D eigenvalue weighted by Gasteiger charge is 2.22. The van der Waals surface area contributed by atoms with Crippen LogP contribution in [0.2, 0.25) is 0 Å². The molecule has 6 heteroatoms. The minimum absolute atomic E-state index is 0.0809. The Hall–Kier alpha value is -2.70. The number of ether oxygens (including phenoxy) is 1. The van der Waals surface area contributed by atoms with Gasteiger partial charge in [0, 0.05) is 44.7 Å². The number of aryl methyl sites for hydroxylation is 1. The van der Waals surface area contributed by atoms with Gasteiger partial charge in [-0.1, -0.05) is 42.0 Å². The number of nitrogens with zero attached hydrogens (tertiary/aromatic N) is 2. The number of carbonyl (C=O) groups excluding carboxylic acids is 2. The summed E-state index contributed by atoms with van der Waals surface area (Å²) in [6.07, 6.45) is 1.58. The molecule has 31 heavy (non-hydrogen) atoms. The van der Waals surface area contributed by atoms with Gasteiger partial charge in [-0.25, -0.2) is 0 Å². The van der Waals surface area contributed by atoms with Crippen LogP contribution in [0.4, 0.5) is 0 Å². The van der Waals surface area contributed by atoms with E-state index in [1.165, 1.54) is 5.56 Å². The SMILES string of the molecule is Cc1ccc([C@@H](CN2CCOCC2)NC(=O)c2ccc(CN3CCCC3=O)cc2)cc1. The molecule has 0 radical (unpaired) electrons. The standard InChI is InChI=1S/C25H31N3O3/c1-19-4-8-21(9-5-19)23(18-27-13-15-31-16-14-27)26-25(30)22-10-6-20(7-11-22)17-28-12-2-3-24(28)29/h4-11,23H,2-3,12-18H2,1H3,(H,26,30)/t23-/m1/s1. The van der Waals surface area contributed by atoms with E-state index in [4.69, 9.17) is 4.74 Å². The van der Waals surface area contributed by atoms with Gasteiger partial charge >= 0.3 is 0 Å². The third-order valence-corrected chi connectivity index (χ3v) is 6.09. The number of amides is 2. The molecule has 1 atom stereocenters. The number of rotatable bonds is 7. The average molecular weight is 422 g/mol. The van der Waals surface area contributed by atoms with E-state index in [2.05, 4.69) is 41.4 Å². The second-order valence-corrected chi connectivity index (χ2v) is 8.47. The van der Waals surface area contributed by atoms with Crippen LogP contribution in [0.1, 0.15) is 45.9 Å². The molecule has 0 aromatic heterocycles. The van der Waals surface area contributed by atoms with Gasteiger partial charge in [-0.3, -0.25) is 14.5 Å². The van der Waals surface area contributed by atoms with E-state index in [1.54, 1.807) is 0 Å². The van der Waals surface area contributed by atoms with Crippen molar-refractivity contribution in [2.75, 3.05) is 39.4 Å². The molecule has 0 saturated carbocycles. The second-order valence-electron chi connectivity index (χ2n) is 8.47. The lowest BCUT2D eigenvalue weighted by Gasteiger charge is -2.31. The molecular weight excluding hydrogens is 390 g/mol. The fourth-order valence-corrected chi connectivity index (χ4v) is 4.17. The summed E-state index contributed by atoms with van der Waals surface area (Å²) in [4.78, 5) is 29.1. The van der Waals surface area contributed by atoms with Crippen LogP contribution in [0.5, 0.6) is 0 Å². The van der Waals surface area contributed by atoms with Crippen molar-refractivity contribution >= 4 is 11.8 Å². The summed E-state index contributed by atoms with van der Waals surface area (Å²) in [5, 5.41) is 3.23. The number of hydrogen-bond donors (Lipinski definition) is 1. The van der Waals surface area contributed by atoms with Crippen LogP contribution in [-0.2, 0) is 16.1 Å². The lowest BCUT2D eigenvalue weighted by atomic mass is 10.0. The average Bonchev–Trinajstić information content (AvgIpc) is 3.19. The van der Waals surface area contributed by atoms with Crippen molar-refractivity contribution in [3.8, 4) is 0 Å². The highest BCUT2D eigenvalue weighted by Crippen LogP contribution is 2.19. The van der Waals surface area contributed by atoms with Gasteiger partial charge in [0.25, 0.3) is 5.91 Å². The Balaban J connectivity index is 1.43. The number of likely N-dealkylation sites (tertiary alicyclic amines) is 1. The van der Waals surface area contributed by atoms with E-state index >= 15 is 0 Å². The Morgan fingerprint density at radius 3 is 2.39 bits per heavy atom. The van der Waals surface area contributed by atoms with Crippen molar-refractivity contribution in [1.82, 2.24) is 15.1 Å². The van der Waals surface area contributed by atoms with Gasteiger partial charge in [0.2, 0.25) is 5.91 Å². The summed E-state index contributed by atoms with van der Waals surface area (Å²) in [6, 6.07) is 15.9. The first-order valence-electron chi connectivity index (χ1n) is 11.1. The first-order valence-corrected chi connectivity index (χ1v) is 11.1. The van der Waals surface area contributed by atoms with Crippen molar-refractivity contribution in [1.29, 1.82) is 0 Å². The Bertz CT molecular complexity index is 889. The van der Waals surface area contributed by atoms with Crippen LogP contribution in [0.25, 0.3) is 0 Å². The van der Waals surface area contributed by atoms with Crippen LogP contribution >= 0.6 is 0 Å². The van der Waals surface area contributed by atoms with Crippen LogP contribution in [0.3, 0.4) is 0 Å². The van der Waals surface area contributed by atoms with Gasteiger partial charge in [-0.15, -0.1) is 0 Å². The van der Waals surface area contributed by atoms with E-state index in [-0.39, 0.29) is 17.9 Å². The maximum Gasteiger partial charge on any atom is 0.251 e. The third-order valence-electron chi connectivity index (χ3n) is 6.09. The van der Waals surface area contributed by atoms with Crippen molar-refractivity contribution in [3.05, 3.63) is 70.8 Å². The lowest BCUT2D eigenvalue weighted by Crippen LogP contribution is -2.43. The van der Waals surface area contributed by atoms with Gasteiger partial charge in [0.15, 0.2) is 0 Å². The molecular formula is C25H31N3O3. The minimum Gasteiger partial charge on any atom is -0.379 e. The fraction of sp³-hybridized carbons (Fsp3) is 0.440. The molecule has 2 heterocycles. The van der Waals surface area contributed by atoms with Crippen LogP contribution in [0.15, 0.2) is 48.5 Å². The van der Waals surface area contributed by atoms with Crippen molar-refractivity contribution in [2.45, 2.75) is 32.4 Å². The molecule has 164 valence electrons. The van der Waals surface area contributed by atoms with Gasteiger partial charge in [0.05, 0.1) is 19.3 Å². The topological polar surface area (TPSA) is 61.9 Å². The lowest BCUT2D eigenvalue weighted by molar-refractivity contribution is -0.128. The molecule has 0 bridgehead atoms. The molecule has 1 N–H and O–H groups in total. The summed E-state index contributed by atoms with van der Waals surface area (Å²) in [6.45, 7) is 7.48. The van der Waals surface area contributed by atoms with Crippen molar-refractivity contribution in [2.24, 2.45) is 0 Å². The first kappa shape index (κ1) is 21.5. The maximum absolute atomic E-state index is 13.0. The smallest absolute Gasteiger partial charge is 0.251 e. The largest absolute Gasteiger partial charge is 0.379 e. The Morgan fingerprint density at radius 2 is 1.74 bits per heavy atom. The predicted molar refractivity (Wildman–Crippen MR) is 120 cm³/mol. The molecule has 0 aliphatic carbocycles. The summed E-state index contributed by atoms with van der Waals surface area (Å²) in [5.74, 6) is 0.133. The Kier molecular flexibility index (Phi) is 6.99. The van der Waals surface area contributed by atoms with Gasteiger partial charge in [0.1, 0.15) is 0 Å². The third kappa shape index (κ3) is 5.71. The van der Waals surface area contributed by atoms with E-state index in [1.807, 2.05) is 29.2 Å². The van der Waals surface area contributed by atoms with Gasteiger partial charge in [-0.05, 0) is 36.6 Å². The predicted octanol–water partition coefficient (Wildman–Crippen LogP) is 2.92. The van der Waals surface area contributed by atoms with Crippen LogP contribution in [-0.4, -0.2) is 61.0 Å². The summed E-state index contributed by atoms with van der Waals surface area (Å²) in [7, 11) is 0. The molecule has 2 amide bonds. The Labute approximate surface area is 184 Å². The molecule has 2 aromatic rings. The zero-order chi connectivity index (χ0) is 21.6. The number of morpholine rings is 1. The summed E-state index contributed by atoms with van der Waals surface area (Å²) < 4.78 is 5.46. The van der Waals surface area contributed by atoms with E-state index in [9.17, 15) is 9.59 Å². The van der Waals surface area contributed by atoms with Gasteiger partial charge < -0.3 is 15.0 Å². The zero-order valence-electron chi connectivity index (χ0n) is 18.2. The minimum atomic E-state index is -0.0897. The zero-order valence-corrected chi connectivity index (χ0v) is 18.2. The monoisotopic (exact) mass is 421 g/mol. The molecule has 2 aliphatic heterocycles. The fourth-order valence-electron chi connectivity index (χ4n) is 4.17. The molecule has 2 aromatic carbocycles. The van der Waals surface area contributed by atoms with Crippen molar-refractivity contribution < 1.29 is 14.3 Å². The molecule has 4 rings (SSSR count).